The molecule has 1 amide bonds. The summed E-state index contributed by atoms with van der Waals surface area (Å²) < 4.78 is 2.05. The molecule has 0 saturated heterocycles. The highest BCUT2D eigenvalue weighted by atomic mass is 16.2. The van der Waals surface area contributed by atoms with Crippen LogP contribution in [0.5, 0.6) is 0 Å². The molecule has 0 bridgehead atoms. The average Bonchev–Trinajstić information content (AvgIpc) is 2.88. The Kier molecular flexibility index (Phi) is 4.55. The molecule has 2 atom stereocenters. The lowest BCUT2D eigenvalue weighted by Crippen LogP contribution is -2.27. The van der Waals surface area contributed by atoms with Gasteiger partial charge in [-0.3, -0.25) is 4.79 Å². The van der Waals surface area contributed by atoms with E-state index in [2.05, 4.69) is 60.8 Å². The summed E-state index contributed by atoms with van der Waals surface area (Å²) in [7, 11) is 0. The topological polar surface area (TPSA) is 46.9 Å². The lowest BCUT2D eigenvalue weighted by atomic mass is 10.1. The number of imidazole rings is 1. The molecule has 1 fully saturated rings. The standard InChI is InChI=1S/C21H27N3O/c1-14(2)12-17-19(21(17,4)5)20(25)23-13-16-8-6-7-9-18(16)24-11-10-22-15(24)3/h6-12,17,19H,13H2,1-5H3,(H,23,25)/t17-,19-/m0/s1. The summed E-state index contributed by atoms with van der Waals surface area (Å²) in [5, 5.41) is 3.14. The minimum atomic E-state index is 0.0435. The molecule has 1 aliphatic rings. The number of amides is 1. The van der Waals surface area contributed by atoms with Crippen LogP contribution in [0.25, 0.3) is 5.69 Å². The molecule has 132 valence electrons. The van der Waals surface area contributed by atoms with Crippen LogP contribution < -0.4 is 5.32 Å². The lowest BCUT2D eigenvalue weighted by molar-refractivity contribution is -0.123. The summed E-state index contributed by atoms with van der Waals surface area (Å²) in [5.41, 5.74) is 3.47. The fourth-order valence-electron chi connectivity index (χ4n) is 3.67. The summed E-state index contributed by atoms with van der Waals surface area (Å²) in [6.45, 7) is 11.0. The second-order valence-corrected chi connectivity index (χ2v) is 7.76. The van der Waals surface area contributed by atoms with Gasteiger partial charge in [-0.1, -0.05) is 43.7 Å². The quantitative estimate of drug-likeness (QED) is 0.837. The van der Waals surface area contributed by atoms with Crippen molar-refractivity contribution in [2.75, 3.05) is 0 Å². The van der Waals surface area contributed by atoms with Crippen LogP contribution in [0.15, 0.2) is 48.3 Å². The van der Waals surface area contributed by atoms with Gasteiger partial charge in [0, 0.05) is 18.9 Å². The molecule has 3 rings (SSSR count). The highest BCUT2D eigenvalue weighted by molar-refractivity contribution is 5.83. The smallest absolute Gasteiger partial charge is 0.224 e. The van der Waals surface area contributed by atoms with Crippen molar-refractivity contribution >= 4 is 5.91 Å². The second-order valence-electron chi connectivity index (χ2n) is 7.76. The molecule has 1 aliphatic carbocycles. The van der Waals surface area contributed by atoms with Crippen molar-refractivity contribution in [3.8, 4) is 5.69 Å². The maximum atomic E-state index is 12.7. The number of carbonyl (C=O) groups excluding carboxylic acids is 1. The van der Waals surface area contributed by atoms with Crippen molar-refractivity contribution in [3.05, 3.63) is 59.7 Å². The van der Waals surface area contributed by atoms with E-state index in [-0.39, 0.29) is 17.2 Å². The van der Waals surface area contributed by atoms with Crippen LogP contribution in [0.2, 0.25) is 0 Å². The number of nitrogens with one attached hydrogen (secondary N) is 1. The van der Waals surface area contributed by atoms with Gasteiger partial charge in [-0.2, -0.15) is 0 Å². The fraction of sp³-hybridized carbons (Fsp3) is 0.429. The van der Waals surface area contributed by atoms with Gasteiger partial charge < -0.3 is 9.88 Å². The zero-order valence-electron chi connectivity index (χ0n) is 15.7. The van der Waals surface area contributed by atoms with Gasteiger partial charge in [0.2, 0.25) is 5.91 Å². The zero-order valence-corrected chi connectivity index (χ0v) is 15.7. The normalized spacial score (nSPS) is 20.8. The molecule has 2 aromatic rings. The van der Waals surface area contributed by atoms with Crippen molar-refractivity contribution < 1.29 is 4.79 Å². The summed E-state index contributed by atoms with van der Waals surface area (Å²) in [6, 6.07) is 8.13. The molecule has 1 heterocycles. The Balaban J connectivity index is 1.72. The van der Waals surface area contributed by atoms with Gasteiger partial charge in [0.25, 0.3) is 0 Å². The number of aromatic nitrogens is 2. The van der Waals surface area contributed by atoms with E-state index in [1.54, 1.807) is 6.20 Å². The van der Waals surface area contributed by atoms with Crippen LogP contribution in [-0.4, -0.2) is 15.5 Å². The summed E-state index contributed by atoms with van der Waals surface area (Å²) in [6.07, 6.45) is 5.97. The monoisotopic (exact) mass is 337 g/mol. The summed E-state index contributed by atoms with van der Waals surface area (Å²) in [5.74, 6) is 1.48. The number of allylic oxidation sites excluding steroid dienone is 2. The third-order valence-corrected chi connectivity index (χ3v) is 5.24. The first-order valence-electron chi connectivity index (χ1n) is 8.83. The van der Waals surface area contributed by atoms with Crippen LogP contribution in [0.3, 0.4) is 0 Å². The van der Waals surface area contributed by atoms with Gasteiger partial charge in [0.05, 0.1) is 11.6 Å². The second kappa shape index (κ2) is 6.51. The number of hydrogen-bond acceptors (Lipinski definition) is 2. The zero-order chi connectivity index (χ0) is 18.2. The largest absolute Gasteiger partial charge is 0.352 e. The number of rotatable bonds is 5. The Bertz CT molecular complexity index is 812. The first kappa shape index (κ1) is 17.5. The molecule has 4 nitrogen and oxygen atoms in total. The molecule has 1 N–H and O–H groups in total. The van der Waals surface area contributed by atoms with E-state index in [0.29, 0.717) is 12.5 Å². The van der Waals surface area contributed by atoms with Gasteiger partial charge in [0.1, 0.15) is 5.82 Å². The van der Waals surface area contributed by atoms with Crippen molar-refractivity contribution in [1.82, 2.24) is 14.9 Å². The highest BCUT2D eigenvalue weighted by Gasteiger charge is 2.60. The Morgan fingerprint density at radius 3 is 2.68 bits per heavy atom. The molecule has 0 aliphatic heterocycles. The van der Waals surface area contributed by atoms with Crippen molar-refractivity contribution in [2.45, 2.75) is 41.2 Å². The summed E-state index contributed by atoms with van der Waals surface area (Å²) >= 11 is 0. The van der Waals surface area contributed by atoms with E-state index >= 15 is 0 Å². The Morgan fingerprint density at radius 2 is 2.04 bits per heavy atom. The maximum absolute atomic E-state index is 12.7. The molecule has 25 heavy (non-hydrogen) atoms. The van der Waals surface area contributed by atoms with Crippen molar-refractivity contribution in [2.24, 2.45) is 17.3 Å². The van der Waals surface area contributed by atoms with E-state index in [0.717, 1.165) is 17.1 Å². The Labute approximate surface area is 150 Å². The average molecular weight is 337 g/mol. The molecule has 0 spiro atoms. The van der Waals surface area contributed by atoms with Crippen LogP contribution >= 0.6 is 0 Å². The van der Waals surface area contributed by atoms with Gasteiger partial charge >= 0.3 is 0 Å². The molecule has 0 radical (unpaired) electrons. The molecular weight excluding hydrogens is 310 g/mol. The van der Waals surface area contributed by atoms with Crippen molar-refractivity contribution in [3.63, 3.8) is 0 Å². The number of nitrogens with zero attached hydrogens (tertiary/aromatic N) is 2. The highest BCUT2D eigenvalue weighted by Crippen LogP contribution is 2.59. The predicted octanol–water partition coefficient (Wildman–Crippen LogP) is 4.04. The molecular formula is C21H27N3O. The molecule has 1 saturated carbocycles. The van der Waals surface area contributed by atoms with Crippen LogP contribution in [0, 0.1) is 24.2 Å². The van der Waals surface area contributed by atoms with Crippen LogP contribution in [0.4, 0.5) is 0 Å². The van der Waals surface area contributed by atoms with Gasteiger partial charge in [-0.25, -0.2) is 4.98 Å². The van der Waals surface area contributed by atoms with Crippen molar-refractivity contribution in [1.29, 1.82) is 0 Å². The minimum Gasteiger partial charge on any atom is -0.352 e. The van der Waals surface area contributed by atoms with E-state index in [9.17, 15) is 4.79 Å². The number of benzene rings is 1. The van der Waals surface area contributed by atoms with Crippen LogP contribution in [-0.2, 0) is 11.3 Å². The number of hydrogen-bond donors (Lipinski definition) is 1. The van der Waals surface area contributed by atoms with Crippen LogP contribution in [0.1, 0.15) is 39.1 Å². The minimum absolute atomic E-state index is 0.0435. The molecule has 0 unspecified atom stereocenters. The SMILES string of the molecule is CC(C)=C[C@H]1[C@@H](C(=O)NCc2ccccc2-n2ccnc2C)C1(C)C. The number of carbonyl (C=O) groups is 1. The third-order valence-electron chi connectivity index (χ3n) is 5.24. The predicted molar refractivity (Wildman–Crippen MR) is 100 cm³/mol. The first-order valence-corrected chi connectivity index (χ1v) is 8.83. The lowest BCUT2D eigenvalue weighted by Gasteiger charge is -2.13. The Hall–Kier alpha value is -2.36. The number of aryl methyl sites for hydroxylation is 1. The molecule has 1 aromatic carbocycles. The van der Waals surface area contributed by atoms with Gasteiger partial charge in [0.15, 0.2) is 0 Å². The number of para-hydroxylation sites is 1. The maximum Gasteiger partial charge on any atom is 0.224 e. The van der Waals surface area contributed by atoms with E-state index in [1.807, 2.05) is 25.3 Å². The van der Waals surface area contributed by atoms with E-state index in [1.165, 1.54) is 5.57 Å². The first-order chi connectivity index (χ1) is 11.8. The molecule has 1 aromatic heterocycles. The third kappa shape index (κ3) is 3.39. The van der Waals surface area contributed by atoms with E-state index in [4.69, 9.17) is 0 Å². The van der Waals surface area contributed by atoms with Gasteiger partial charge in [-0.05, 0) is 43.7 Å². The Morgan fingerprint density at radius 1 is 1.32 bits per heavy atom. The molecule has 4 heteroatoms. The van der Waals surface area contributed by atoms with E-state index < -0.39 is 0 Å². The summed E-state index contributed by atoms with van der Waals surface area (Å²) in [4.78, 5) is 17.0. The fourth-order valence-corrected chi connectivity index (χ4v) is 3.67. The van der Waals surface area contributed by atoms with Gasteiger partial charge in [-0.15, -0.1) is 0 Å².